The Morgan fingerprint density at radius 2 is 1.81 bits per heavy atom. The van der Waals surface area contributed by atoms with Gasteiger partial charge in [0, 0.05) is 6.54 Å². The number of phenolic OH excluding ortho intramolecular Hbond substituents is 1. The minimum Gasteiger partial charge on any atom is -0.507 e. The molecule has 0 radical (unpaired) electrons. The van der Waals surface area contributed by atoms with Crippen LogP contribution in [0, 0.1) is 0 Å². The van der Waals surface area contributed by atoms with Crippen LogP contribution in [0.2, 0.25) is 0 Å². The molecule has 3 heteroatoms. The van der Waals surface area contributed by atoms with Gasteiger partial charge in [-0.1, -0.05) is 50.5 Å². The van der Waals surface area contributed by atoms with Gasteiger partial charge in [0.2, 0.25) is 0 Å². The van der Waals surface area contributed by atoms with Crippen LogP contribution in [0.25, 0.3) is 0 Å². The number of allylic oxidation sites excluding steroid dienone is 1. The molecule has 0 heterocycles. The lowest BCUT2D eigenvalue weighted by molar-refractivity contribution is 0.0950. The van der Waals surface area contributed by atoms with Crippen LogP contribution in [0.15, 0.2) is 36.4 Å². The molecule has 0 spiro atoms. The number of hydrogen-bond acceptors (Lipinski definition) is 2. The van der Waals surface area contributed by atoms with Crippen LogP contribution in [-0.4, -0.2) is 17.6 Å². The Balaban J connectivity index is 2.06. The maximum Gasteiger partial charge on any atom is 0.255 e. The number of phenols is 1. The number of amides is 1. The van der Waals surface area contributed by atoms with E-state index in [1.165, 1.54) is 30.9 Å². The minimum absolute atomic E-state index is 0.0335. The molecule has 0 bridgehead atoms. The standard InChI is InChI=1S/C18H27NO2/c1-3-15(2)11-7-5-4-6-10-14-19-18(21)16-12-8-9-13-17(16)20/h8-9,12-13,20H,2-7,10-11,14H2,1H3,(H,19,21). The minimum atomic E-state index is -0.202. The first-order chi connectivity index (χ1) is 10.1. The smallest absolute Gasteiger partial charge is 0.255 e. The predicted molar refractivity (Wildman–Crippen MR) is 87.6 cm³/mol. The molecule has 0 fully saturated rings. The largest absolute Gasteiger partial charge is 0.507 e. The molecule has 1 aromatic carbocycles. The van der Waals surface area contributed by atoms with Crippen LogP contribution < -0.4 is 5.32 Å². The number of rotatable bonds is 10. The van der Waals surface area contributed by atoms with Crippen molar-refractivity contribution < 1.29 is 9.90 Å². The van der Waals surface area contributed by atoms with Gasteiger partial charge in [-0.2, -0.15) is 0 Å². The van der Waals surface area contributed by atoms with E-state index in [1.54, 1.807) is 18.2 Å². The Bertz CT molecular complexity index is 454. The molecule has 1 rings (SSSR count). The van der Waals surface area contributed by atoms with E-state index in [9.17, 15) is 9.90 Å². The van der Waals surface area contributed by atoms with Crippen LogP contribution in [0.1, 0.15) is 62.2 Å². The number of unbranched alkanes of at least 4 members (excludes halogenated alkanes) is 4. The van der Waals surface area contributed by atoms with E-state index < -0.39 is 0 Å². The molecule has 116 valence electrons. The summed E-state index contributed by atoms with van der Waals surface area (Å²) in [6.07, 6.45) is 7.97. The predicted octanol–water partition coefficient (Wildman–Crippen LogP) is 4.43. The summed E-state index contributed by atoms with van der Waals surface area (Å²) in [5.74, 6) is -0.168. The molecule has 0 aliphatic carbocycles. The zero-order valence-electron chi connectivity index (χ0n) is 13.0. The zero-order chi connectivity index (χ0) is 15.5. The lowest BCUT2D eigenvalue weighted by Gasteiger charge is -2.07. The fourth-order valence-corrected chi connectivity index (χ4v) is 2.17. The molecule has 0 saturated carbocycles. The van der Waals surface area contributed by atoms with Crippen molar-refractivity contribution in [3.05, 3.63) is 42.0 Å². The van der Waals surface area contributed by atoms with Crippen molar-refractivity contribution in [3.63, 3.8) is 0 Å². The summed E-state index contributed by atoms with van der Waals surface area (Å²) in [6, 6.07) is 6.61. The van der Waals surface area contributed by atoms with Crippen molar-refractivity contribution in [1.29, 1.82) is 0 Å². The van der Waals surface area contributed by atoms with Gasteiger partial charge in [0.15, 0.2) is 0 Å². The molecule has 1 aromatic rings. The SMILES string of the molecule is C=C(CC)CCCCCCCNC(=O)c1ccccc1O. The van der Waals surface area contributed by atoms with E-state index in [1.807, 2.05) is 0 Å². The van der Waals surface area contributed by atoms with Crippen LogP contribution in [0.4, 0.5) is 0 Å². The van der Waals surface area contributed by atoms with E-state index in [0.717, 1.165) is 25.7 Å². The molecule has 0 unspecified atom stereocenters. The third-order valence-electron chi connectivity index (χ3n) is 3.64. The molecule has 0 aliphatic rings. The van der Waals surface area contributed by atoms with E-state index >= 15 is 0 Å². The van der Waals surface area contributed by atoms with E-state index in [-0.39, 0.29) is 11.7 Å². The highest BCUT2D eigenvalue weighted by atomic mass is 16.3. The van der Waals surface area contributed by atoms with Crippen LogP contribution >= 0.6 is 0 Å². The summed E-state index contributed by atoms with van der Waals surface area (Å²) in [4.78, 5) is 11.8. The van der Waals surface area contributed by atoms with Crippen molar-refractivity contribution in [1.82, 2.24) is 5.32 Å². The topological polar surface area (TPSA) is 49.3 Å². The summed E-state index contributed by atoms with van der Waals surface area (Å²) in [5, 5.41) is 12.4. The third kappa shape index (κ3) is 6.98. The molecular formula is C18H27NO2. The van der Waals surface area contributed by atoms with Crippen LogP contribution in [0.5, 0.6) is 5.75 Å². The summed E-state index contributed by atoms with van der Waals surface area (Å²) in [6.45, 7) is 6.82. The lowest BCUT2D eigenvalue weighted by atomic mass is 10.1. The van der Waals surface area contributed by atoms with Crippen LogP contribution in [-0.2, 0) is 0 Å². The fraction of sp³-hybridized carbons (Fsp3) is 0.500. The van der Waals surface area contributed by atoms with Crippen molar-refractivity contribution in [2.24, 2.45) is 0 Å². The van der Waals surface area contributed by atoms with Crippen molar-refractivity contribution >= 4 is 5.91 Å². The number of benzene rings is 1. The highest BCUT2D eigenvalue weighted by Crippen LogP contribution is 2.15. The van der Waals surface area contributed by atoms with Gasteiger partial charge in [0.05, 0.1) is 5.56 Å². The highest BCUT2D eigenvalue weighted by Gasteiger charge is 2.08. The van der Waals surface area contributed by atoms with Crippen molar-refractivity contribution in [2.45, 2.75) is 51.9 Å². The van der Waals surface area contributed by atoms with Crippen LogP contribution in [0.3, 0.4) is 0 Å². The second kappa shape index (κ2) is 10.0. The number of para-hydroxylation sites is 1. The number of aromatic hydroxyl groups is 1. The molecular weight excluding hydrogens is 262 g/mol. The molecule has 0 saturated heterocycles. The summed E-state index contributed by atoms with van der Waals surface area (Å²) in [7, 11) is 0. The van der Waals surface area contributed by atoms with Gasteiger partial charge in [-0.25, -0.2) is 0 Å². The molecule has 2 N–H and O–H groups in total. The molecule has 3 nitrogen and oxygen atoms in total. The number of hydrogen-bond donors (Lipinski definition) is 2. The normalized spacial score (nSPS) is 10.3. The molecule has 1 amide bonds. The van der Waals surface area contributed by atoms with Gasteiger partial charge in [-0.3, -0.25) is 4.79 Å². The third-order valence-corrected chi connectivity index (χ3v) is 3.64. The van der Waals surface area contributed by atoms with Gasteiger partial charge < -0.3 is 10.4 Å². The Morgan fingerprint density at radius 1 is 1.14 bits per heavy atom. The van der Waals surface area contributed by atoms with Gasteiger partial charge in [0.1, 0.15) is 5.75 Å². The van der Waals surface area contributed by atoms with E-state index in [2.05, 4.69) is 18.8 Å². The Labute approximate surface area is 128 Å². The van der Waals surface area contributed by atoms with Crippen molar-refractivity contribution in [3.8, 4) is 5.75 Å². The average Bonchev–Trinajstić information content (AvgIpc) is 2.49. The van der Waals surface area contributed by atoms with Gasteiger partial charge in [0.25, 0.3) is 5.91 Å². The number of carbonyl (C=O) groups excluding carboxylic acids is 1. The Hall–Kier alpha value is -1.77. The second-order valence-electron chi connectivity index (χ2n) is 5.39. The Kier molecular flexibility index (Phi) is 8.25. The quantitative estimate of drug-likeness (QED) is 0.494. The molecule has 21 heavy (non-hydrogen) atoms. The molecule has 0 aliphatic heterocycles. The maximum atomic E-state index is 11.8. The molecule has 0 aromatic heterocycles. The summed E-state index contributed by atoms with van der Waals surface area (Å²) in [5.41, 5.74) is 1.68. The summed E-state index contributed by atoms with van der Waals surface area (Å²) >= 11 is 0. The maximum absolute atomic E-state index is 11.8. The zero-order valence-corrected chi connectivity index (χ0v) is 13.0. The van der Waals surface area contributed by atoms with Crippen molar-refractivity contribution in [2.75, 3.05) is 6.54 Å². The molecule has 0 atom stereocenters. The van der Waals surface area contributed by atoms with E-state index in [4.69, 9.17) is 0 Å². The second-order valence-corrected chi connectivity index (χ2v) is 5.39. The monoisotopic (exact) mass is 289 g/mol. The van der Waals surface area contributed by atoms with Gasteiger partial charge >= 0.3 is 0 Å². The number of nitrogens with one attached hydrogen (secondary N) is 1. The highest BCUT2D eigenvalue weighted by molar-refractivity contribution is 5.96. The first-order valence-corrected chi connectivity index (χ1v) is 7.88. The lowest BCUT2D eigenvalue weighted by Crippen LogP contribution is -2.24. The fourth-order valence-electron chi connectivity index (χ4n) is 2.17. The Morgan fingerprint density at radius 3 is 2.52 bits per heavy atom. The first kappa shape index (κ1) is 17.3. The first-order valence-electron chi connectivity index (χ1n) is 7.88. The number of carbonyl (C=O) groups is 1. The van der Waals surface area contributed by atoms with E-state index in [0.29, 0.717) is 12.1 Å². The average molecular weight is 289 g/mol. The van der Waals surface area contributed by atoms with Gasteiger partial charge in [-0.15, -0.1) is 0 Å². The summed E-state index contributed by atoms with van der Waals surface area (Å²) < 4.78 is 0. The van der Waals surface area contributed by atoms with Gasteiger partial charge in [-0.05, 0) is 37.8 Å².